The number of H-pyrrole nitrogens is 1. The Kier molecular flexibility index (Phi) is 7.91. The molecule has 0 saturated carbocycles. The third-order valence-corrected chi connectivity index (χ3v) is 7.98. The van der Waals surface area contributed by atoms with Gasteiger partial charge in [0, 0.05) is 45.5 Å². The van der Waals surface area contributed by atoms with Gasteiger partial charge in [-0.1, -0.05) is 11.6 Å². The molecule has 5 heterocycles. The second kappa shape index (κ2) is 11.4. The molecule has 1 aliphatic heterocycles. The van der Waals surface area contributed by atoms with Crippen LogP contribution >= 0.6 is 11.6 Å². The fourth-order valence-corrected chi connectivity index (χ4v) is 4.95. The molecule has 5 rings (SSSR count). The summed E-state index contributed by atoms with van der Waals surface area (Å²) in [5.41, 5.74) is 4.28. The third kappa shape index (κ3) is 6.25. The summed E-state index contributed by atoms with van der Waals surface area (Å²) in [6, 6.07) is 3.61. The van der Waals surface area contributed by atoms with Crippen molar-refractivity contribution in [1.82, 2.24) is 39.1 Å². The Morgan fingerprint density at radius 1 is 1.13 bits per heavy atom. The average molecular weight is 573 g/mol. The van der Waals surface area contributed by atoms with Gasteiger partial charge in [-0.25, -0.2) is 24.9 Å². The van der Waals surface area contributed by atoms with Gasteiger partial charge in [-0.3, -0.25) is 9.62 Å². The van der Waals surface area contributed by atoms with E-state index < -0.39 is 10.2 Å². The average Bonchev–Trinajstić information content (AvgIpc) is 3.38. The lowest BCUT2D eigenvalue weighted by Gasteiger charge is -2.26. The SMILES string of the molecule is Cc1nc(-c2cc(CCN3CCOCC3)cnc2Nc2cnc(Cl)c(NS(=O)(=O)N(C)C)c2)c2[nH]cnc2n1. The first kappa shape index (κ1) is 27.1. The molecule has 0 atom stereocenters. The predicted octanol–water partition coefficient (Wildman–Crippen LogP) is 2.61. The van der Waals surface area contributed by atoms with Crippen LogP contribution in [-0.2, 0) is 21.4 Å². The van der Waals surface area contributed by atoms with Crippen molar-refractivity contribution in [2.75, 3.05) is 57.0 Å². The molecular weight excluding hydrogens is 544 g/mol. The minimum absolute atomic E-state index is 0.0169. The second-order valence-corrected chi connectivity index (χ2v) is 11.5. The zero-order valence-corrected chi connectivity index (χ0v) is 23.3. The van der Waals surface area contributed by atoms with Crippen LogP contribution in [0.4, 0.5) is 17.2 Å². The highest BCUT2D eigenvalue weighted by Crippen LogP contribution is 2.33. The molecule has 0 aromatic carbocycles. The zero-order chi connectivity index (χ0) is 27.6. The Hall–Kier alpha value is -3.43. The van der Waals surface area contributed by atoms with E-state index in [1.807, 2.05) is 13.1 Å². The number of hydrogen-bond donors (Lipinski definition) is 3. The lowest BCUT2D eigenvalue weighted by molar-refractivity contribution is 0.0384. The molecular formula is C24H29ClN10O3S. The molecule has 1 fully saturated rings. The van der Waals surface area contributed by atoms with E-state index >= 15 is 0 Å². The van der Waals surface area contributed by atoms with E-state index in [1.165, 1.54) is 20.3 Å². The Morgan fingerprint density at radius 3 is 2.69 bits per heavy atom. The van der Waals surface area contributed by atoms with Crippen LogP contribution in [0.2, 0.25) is 5.15 Å². The number of imidazole rings is 1. The van der Waals surface area contributed by atoms with Gasteiger partial charge in [0.25, 0.3) is 0 Å². The summed E-state index contributed by atoms with van der Waals surface area (Å²) in [4.78, 5) is 27.8. The van der Waals surface area contributed by atoms with E-state index in [0.717, 1.165) is 54.7 Å². The Morgan fingerprint density at radius 2 is 1.92 bits per heavy atom. The number of anilines is 3. The van der Waals surface area contributed by atoms with Crippen LogP contribution in [-0.4, -0.2) is 94.5 Å². The van der Waals surface area contributed by atoms with E-state index in [0.29, 0.717) is 34.2 Å². The van der Waals surface area contributed by atoms with Gasteiger partial charge in [0.05, 0.1) is 37.1 Å². The van der Waals surface area contributed by atoms with Gasteiger partial charge in [0.15, 0.2) is 10.8 Å². The monoisotopic (exact) mass is 572 g/mol. The van der Waals surface area contributed by atoms with E-state index in [4.69, 9.17) is 26.3 Å². The molecule has 13 nitrogen and oxygen atoms in total. The number of aromatic amines is 1. The molecule has 1 saturated heterocycles. The molecule has 0 bridgehead atoms. The molecule has 1 aliphatic rings. The second-order valence-electron chi connectivity index (χ2n) is 9.24. The van der Waals surface area contributed by atoms with Gasteiger partial charge < -0.3 is 15.0 Å². The number of aryl methyl sites for hydroxylation is 1. The fourth-order valence-electron chi connectivity index (χ4n) is 4.13. The summed E-state index contributed by atoms with van der Waals surface area (Å²) in [5.74, 6) is 1.08. The van der Waals surface area contributed by atoms with Crippen LogP contribution in [0.3, 0.4) is 0 Å². The van der Waals surface area contributed by atoms with Crippen LogP contribution in [0.25, 0.3) is 22.4 Å². The van der Waals surface area contributed by atoms with E-state index in [-0.39, 0.29) is 10.8 Å². The number of morpholine rings is 1. The highest BCUT2D eigenvalue weighted by atomic mass is 35.5. The lowest BCUT2D eigenvalue weighted by Crippen LogP contribution is -2.37. The summed E-state index contributed by atoms with van der Waals surface area (Å²) in [6.07, 6.45) is 5.71. The first-order valence-corrected chi connectivity index (χ1v) is 14.1. The maximum atomic E-state index is 12.4. The number of ether oxygens (including phenoxy) is 1. The van der Waals surface area contributed by atoms with Gasteiger partial charge >= 0.3 is 10.2 Å². The maximum Gasteiger partial charge on any atom is 0.301 e. The highest BCUT2D eigenvalue weighted by molar-refractivity contribution is 7.90. The molecule has 0 radical (unpaired) electrons. The quantitative estimate of drug-likeness (QED) is 0.255. The Balaban J connectivity index is 1.51. The number of rotatable bonds is 9. The predicted molar refractivity (Wildman–Crippen MR) is 149 cm³/mol. The molecule has 4 aromatic rings. The first-order chi connectivity index (χ1) is 18.7. The Bertz CT molecular complexity index is 1590. The summed E-state index contributed by atoms with van der Waals surface area (Å²) in [5, 5.41) is 3.28. The summed E-state index contributed by atoms with van der Waals surface area (Å²) in [7, 11) is -0.945. The standard InChI is InChI=1S/C24H29ClN10O3S/c1-15-30-20(21-24(31-15)29-14-28-21)18-10-16(4-5-35-6-8-38-9-7-35)12-27-23(18)32-17-11-19(22(25)26-13-17)33-39(36,37)34(2)3/h10-14,33H,4-9H2,1-3H3,(H,27,32)(H,28,29,30,31). The fraction of sp³-hybridized carbons (Fsp3) is 0.375. The maximum absolute atomic E-state index is 12.4. The minimum Gasteiger partial charge on any atom is -0.379 e. The summed E-state index contributed by atoms with van der Waals surface area (Å²) < 4.78 is 33.7. The lowest BCUT2D eigenvalue weighted by atomic mass is 10.1. The van der Waals surface area contributed by atoms with E-state index in [1.54, 1.807) is 12.4 Å². The highest BCUT2D eigenvalue weighted by Gasteiger charge is 2.19. The van der Waals surface area contributed by atoms with Crippen LogP contribution < -0.4 is 10.0 Å². The minimum atomic E-state index is -3.78. The van der Waals surface area contributed by atoms with Crippen LogP contribution in [0.1, 0.15) is 11.4 Å². The number of nitrogens with zero attached hydrogens (tertiary/aromatic N) is 7. The number of aromatic nitrogens is 6. The Labute approximate surface area is 231 Å². The third-order valence-electron chi connectivity index (χ3n) is 6.24. The van der Waals surface area contributed by atoms with Crippen molar-refractivity contribution in [2.45, 2.75) is 13.3 Å². The van der Waals surface area contributed by atoms with Crippen molar-refractivity contribution in [3.05, 3.63) is 47.4 Å². The number of halogens is 1. The van der Waals surface area contributed by atoms with Gasteiger partial charge in [-0.15, -0.1) is 0 Å². The molecule has 15 heteroatoms. The number of hydrogen-bond acceptors (Lipinski definition) is 10. The topological polar surface area (TPSA) is 154 Å². The summed E-state index contributed by atoms with van der Waals surface area (Å²) in [6.45, 7) is 5.99. The van der Waals surface area contributed by atoms with Crippen LogP contribution in [0.15, 0.2) is 30.9 Å². The van der Waals surface area contributed by atoms with Crippen molar-refractivity contribution in [3.63, 3.8) is 0 Å². The molecule has 0 amide bonds. The van der Waals surface area contributed by atoms with Gasteiger partial charge in [-0.2, -0.15) is 12.7 Å². The molecule has 0 spiro atoms. The van der Waals surface area contributed by atoms with E-state index in [9.17, 15) is 8.42 Å². The van der Waals surface area contributed by atoms with Crippen molar-refractivity contribution >= 4 is 50.2 Å². The number of nitrogens with one attached hydrogen (secondary N) is 3. The summed E-state index contributed by atoms with van der Waals surface area (Å²) >= 11 is 6.19. The van der Waals surface area contributed by atoms with E-state index in [2.05, 4.69) is 40.9 Å². The molecule has 0 unspecified atom stereocenters. The van der Waals surface area contributed by atoms with Crippen LogP contribution in [0.5, 0.6) is 0 Å². The van der Waals surface area contributed by atoms with Crippen molar-refractivity contribution in [1.29, 1.82) is 0 Å². The number of pyridine rings is 2. The van der Waals surface area contributed by atoms with Crippen molar-refractivity contribution in [2.24, 2.45) is 0 Å². The first-order valence-electron chi connectivity index (χ1n) is 12.3. The van der Waals surface area contributed by atoms with Gasteiger partial charge in [-0.05, 0) is 31.0 Å². The zero-order valence-electron chi connectivity index (χ0n) is 21.8. The van der Waals surface area contributed by atoms with Gasteiger partial charge in [0.2, 0.25) is 0 Å². The van der Waals surface area contributed by atoms with Crippen molar-refractivity contribution in [3.8, 4) is 11.3 Å². The normalized spacial score (nSPS) is 14.7. The van der Waals surface area contributed by atoms with Gasteiger partial charge in [0.1, 0.15) is 22.9 Å². The van der Waals surface area contributed by atoms with Crippen molar-refractivity contribution < 1.29 is 13.2 Å². The largest absolute Gasteiger partial charge is 0.379 e. The molecule has 0 aliphatic carbocycles. The smallest absolute Gasteiger partial charge is 0.301 e. The molecule has 3 N–H and O–H groups in total. The molecule has 206 valence electrons. The van der Waals surface area contributed by atoms with Crippen LogP contribution in [0, 0.1) is 6.92 Å². The number of fused-ring (bicyclic) bond motifs is 1. The molecule has 39 heavy (non-hydrogen) atoms. The molecule has 4 aromatic heterocycles.